The molecule has 1 N–H and O–H groups in total. The summed E-state index contributed by atoms with van der Waals surface area (Å²) in [6.45, 7) is 0. The highest BCUT2D eigenvalue weighted by Crippen LogP contribution is 2.49. The Labute approximate surface area is 276 Å². The first-order valence-corrected chi connectivity index (χ1v) is 16.5. The fourth-order valence-corrected chi connectivity index (χ4v) is 8.21. The Hall–Kier alpha value is -6.39. The van der Waals surface area contributed by atoms with Crippen molar-refractivity contribution in [3.8, 4) is 27.9 Å². The molecular formula is C44H28N4. The molecular weight excluding hydrogens is 585 g/mol. The van der Waals surface area contributed by atoms with Gasteiger partial charge in [0.15, 0.2) is 0 Å². The van der Waals surface area contributed by atoms with Crippen molar-refractivity contribution in [2.24, 2.45) is 4.99 Å². The highest BCUT2D eigenvalue weighted by atomic mass is 15.2. The number of nitrogens with zero attached hydrogens (tertiary/aromatic N) is 3. The first-order chi connectivity index (χ1) is 23.8. The predicted octanol–water partition coefficient (Wildman–Crippen LogP) is 10.4. The topological polar surface area (TPSA) is 34.2 Å². The van der Waals surface area contributed by atoms with Gasteiger partial charge >= 0.3 is 0 Å². The van der Waals surface area contributed by atoms with Crippen LogP contribution in [0.5, 0.6) is 0 Å². The SMILES string of the molecule is C1=CC2=NC(c3ccccc3)=C(n3c4ccccc4c4cc5c(cc43)-c3ccccc3-c3cccc4c6ccccc6n-5c34)NC2C=C1. The number of rotatable bonds is 2. The molecule has 0 fully saturated rings. The number of aromatic nitrogens is 2. The minimum atomic E-state index is -0.00995. The van der Waals surface area contributed by atoms with Gasteiger partial charge in [0.25, 0.3) is 0 Å². The number of allylic oxidation sites excluding steroid dienone is 2. The Morgan fingerprint density at radius 3 is 2.02 bits per heavy atom. The van der Waals surface area contributed by atoms with Crippen molar-refractivity contribution >= 4 is 60.8 Å². The van der Waals surface area contributed by atoms with Crippen LogP contribution in [0.1, 0.15) is 5.56 Å². The van der Waals surface area contributed by atoms with Gasteiger partial charge in [0.2, 0.25) is 0 Å². The van der Waals surface area contributed by atoms with E-state index in [1.807, 2.05) is 0 Å². The van der Waals surface area contributed by atoms with E-state index < -0.39 is 0 Å². The van der Waals surface area contributed by atoms with Gasteiger partial charge in [-0.3, -0.25) is 4.57 Å². The van der Waals surface area contributed by atoms with Gasteiger partial charge in [-0.05, 0) is 41.5 Å². The van der Waals surface area contributed by atoms with E-state index in [2.05, 4.69) is 172 Å². The zero-order valence-electron chi connectivity index (χ0n) is 25.9. The van der Waals surface area contributed by atoms with Crippen LogP contribution < -0.4 is 5.32 Å². The smallest absolute Gasteiger partial charge is 0.138 e. The average molecular weight is 613 g/mol. The Kier molecular flexibility index (Phi) is 5.13. The molecule has 2 aliphatic heterocycles. The zero-order chi connectivity index (χ0) is 31.3. The lowest BCUT2D eigenvalue weighted by atomic mass is 9.93. The summed E-state index contributed by atoms with van der Waals surface area (Å²) in [7, 11) is 0. The molecule has 0 saturated carbocycles. The van der Waals surface area contributed by atoms with E-state index in [-0.39, 0.29) is 6.04 Å². The van der Waals surface area contributed by atoms with E-state index in [0.29, 0.717) is 0 Å². The van der Waals surface area contributed by atoms with E-state index in [4.69, 9.17) is 4.99 Å². The van der Waals surface area contributed by atoms with Gasteiger partial charge < -0.3 is 9.88 Å². The quantitative estimate of drug-likeness (QED) is 0.207. The summed E-state index contributed by atoms with van der Waals surface area (Å²) in [6.07, 6.45) is 8.47. The van der Waals surface area contributed by atoms with Crippen molar-refractivity contribution in [2.45, 2.75) is 6.04 Å². The second kappa shape index (κ2) is 9.57. The van der Waals surface area contributed by atoms with E-state index in [1.165, 1.54) is 60.5 Å². The monoisotopic (exact) mass is 612 g/mol. The molecule has 3 aliphatic rings. The molecule has 2 aromatic heterocycles. The Morgan fingerprint density at radius 2 is 1.19 bits per heavy atom. The molecule has 11 rings (SSSR count). The van der Waals surface area contributed by atoms with Crippen molar-refractivity contribution in [3.63, 3.8) is 0 Å². The van der Waals surface area contributed by atoms with Gasteiger partial charge in [0.1, 0.15) is 11.5 Å². The van der Waals surface area contributed by atoms with Crippen LogP contribution in [-0.2, 0) is 0 Å². The Balaban J connectivity index is 1.31. The van der Waals surface area contributed by atoms with E-state index in [0.717, 1.165) is 33.8 Å². The van der Waals surface area contributed by atoms with Gasteiger partial charge in [-0.1, -0.05) is 127 Å². The molecule has 224 valence electrons. The molecule has 1 aliphatic carbocycles. The second-order valence-electron chi connectivity index (χ2n) is 12.8. The molecule has 0 amide bonds. The molecule has 1 atom stereocenters. The largest absolute Gasteiger partial charge is 0.357 e. The highest BCUT2D eigenvalue weighted by molar-refractivity contribution is 6.19. The number of hydrogen-bond donors (Lipinski definition) is 1. The normalized spacial score (nSPS) is 16.2. The third kappa shape index (κ3) is 3.41. The van der Waals surface area contributed by atoms with Crippen LogP contribution in [0.25, 0.3) is 83.1 Å². The summed E-state index contributed by atoms with van der Waals surface area (Å²) < 4.78 is 4.91. The van der Waals surface area contributed by atoms with Crippen molar-refractivity contribution in [1.82, 2.24) is 14.5 Å². The van der Waals surface area contributed by atoms with E-state index in [1.54, 1.807) is 0 Å². The third-order valence-electron chi connectivity index (χ3n) is 10.3. The summed E-state index contributed by atoms with van der Waals surface area (Å²) in [5.41, 5.74) is 14.0. The number of hydrogen-bond acceptors (Lipinski definition) is 2. The third-order valence-corrected chi connectivity index (χ3v) is 10.3. The average Bonchev–Trinajstić information content (AvgIpc) is 3.62. The van der Waals surface area contributed by atoms with Crippen molar-refractivity contribution < 1.29 is 0 Å². The number of aliphatic imine (C=N–C) groups is 1. The van der Waals surface area contributed by atoms with Gasteiger partial charge in [0.05, 0.1) is 39.5 Å². The first kappa shape index (κ1) is 25.8. The fraction of sp³-hybridized carbons (Fsp3) is 0.0227. The van der Waals surface area contributed by atoms with Crippen LogP contribution in [-0.4, -0.2) is 20.9 Å². The van der Waals surface area contributed by atoms with E-state index >= 15 is 0 Å². The van der Waals surface area contributed by atoms with Crippen molar-refractivity contribution in [1.29, 1.82) is 0 Å². The summed E-state index contributed by atoms with van der Waals surface area (Å²) >= 11 is 0. The molecule has 0 saturated heterocycles. The Bertz CT molecular complexity index is 2800. The summed E-state index contributed by atoms with van der Waals surface area (Å²) in [4.78, 5) is 5.31. The minimum absolute atomic E-state index is 0.00995. The van der Waals surface area contributed by atoms with Crippen molar-refractivity contribution in [2.75, 3.05) is 0 Å². The van der Waals surface area contributed by atoms with Crippen LogP contribution >= 0.6 is 0 Å². The second-order valence-corrected chi connectivity index (χ2v) is 12.8. The van der Waals surface area contributed by atoms with Gasteiger partial charge in [-0.2, -0.15) is 0 Å². The van der Waals surface area contributed by atoms with Crippen molar-refractivity contribution in [3.05, 3.63) is 163 Å². The highest BCUT2D eigenvalue weighted by Gasteiger charge is 2.29. The van der Waals surface area contributed by atoms with Crippen LogP contribution in [0.3, 0.4) is 0 Å². The molecule has 4 nitrogen and oxygen atoms in total. The predicted molar refractivity (Wildman–Crippen MR) is 200 cm³/mol. The standard InChI is InChI=1S/C44H28N4/c1-2-13-27(14-3-1)42-44(46-37-22-9-8-21-36(37)45-42)48-39-24-11-7-18-31(39)35-26-40-34(25-41(35)48)29-16-5-4-15-28(29)32-19-12-20-33-30-17-6-10-23-38(30)47(40)43(32)33/h1-26,37,46H. The van der Waals surface area contributed by atoms with Crippen LogP contribution in [0.4, 0.5) is 0 Å². The molecule has 48 heavy (non-hydrogen) atoms. The molecule has 1 unspecified atom stereocenters. The first-order valence-electron chi connectivity index (χ1n) is 16.5. The number of para-hydroxylation sites is 3. The number of fused-ring (bicyclic) bond motifs is 12. The van der Waals surface area contributed by atoms with Crippen LogP contribution in [0, 0.1) is 0 Å². The van der Waals surface area contributed by atoms with Gasteiger partial charge in [0, 0.05) is 38.2 Å². The molecule has 8 aromatic rings. The lowest BCUT2D eigenvalue weighted by Gasteiger charge is -2.29. The minimum Gasteiger partial charge on any atom is -0.357 e. The van der Waals surface area contributed by atoms with Crippen LogP contribution in [0.15, 0.2) is 163 Å². The maximum Gasteiger partial charge on any atom is 0.138 e. The lowest BCUT2D eigenvalue weighted by Crippen LogP contribution is -2.38. The maximum absolute atomic E-state index is 5.31. The summed E-state index contributed by atoms with van der Waals surface area (Å²) in [6, 6.07) is 48.6. The molecule has 0 bridgehead atoms. The van der Waals surface area contributed by atoms with Gasteiger partial charge in [-0.25, -0.2) is 4.99 Å². The summed E-state index contributed by atoms with van der Waals surface area (Å²) in [5.74, 6) is 0.986. The lowest BCUT2D eigenvalue weighted by molar-refractivity contribution is 0.837. The number of benzene rings is 6. The summed E-state index contributed by atoms with van der Waals surface area (Å²) in [5, 5.41) is 8.90. The van der Waals surface area contributed by atoms with E-state index in [9.17, 15) is 0 Å². The molecule has 6 aromatic carbocycles. The maximum atomic E-state index is 5.31. The molecule has 4 heteroatoms. The molecule has 0 radical (unpaired) electrons. The van der Waals surface area contributed by atoms with Gasteiger partial charge in [-0.15, -0.1) is 0 Å². The fourth-order valence-electron chi connectivity index (χ4n) is 8.21. The Morgan fingerprint density at radius 1 is 0.521 bits per heavy atom. The zero-order valence-corrected chi connectivity index (χ0v) is 25.9. The molecule has 0 spiro atoms. The number of nitrogens with one attached hydrogen (secondary N) is 1. The van der Waals surface area contributed by atoms with Crippen LogP contribution in [0.2, 0.25) is 0 Å². The molecule has 4 heterocycles.